The standard InChI is InChI=1S/C16H17FN2O4S/c1-2-23-14-7-9-15(10-8-14)24(21,22)18-11-16(20)19-13-5-3-12(17)4-6-13/h3-10,18H,2,11H2,1H3,(H,19,20). The van der Waals surface area contributed by atoms with E-state index in [0.29, 0.717) is 18.0 Å². The minimum Gasteiger partial charge on any atom is -0.494 e. The van der Waals surface area contributed by atoms with E-state index in [1.165, 1.54) is 48.5 Å². The largest absolute Gasteiger partial charge is 0.494 e. The zero-order chi connectivity index (χ0) is 17.6. The number of anilines is 1. The Kier molecular flexibility index (Phi) is 5.88. The number of halogens is 1. The Morgan fingerprint density at radius 1 is 1.08 bits per heavy atom. The molecule has 128 valence electrons. The third kappa shape index (κ3) is 5.04. The molecule has 0 unspecified atom stereocenters. The average Bonchev–Trinajstić information content (AvgIpc) is 2.56. The molecule has 2 N–H and O–H groups in total. The first kappa shape index (κ1) is 17.9. The Bertz CT molecular complexity index is 790. The monoisotopic (exact) mass is 352 g/mol. The van der Waals surface area contributed by atoms with Crippen LogP contribution >= 0.6 is 0 Å². The lowest BCUT2D eigenvalue weighted by Gasteiger charge is -2.09. The Morgan fingerprint density at radius 3 is 2.29 bits per heavy atom. The first-order valence-corrected chi connectivity index (χ1v) is 8.67. The molecule has 2 rings (SSSR count). The molecule has 0 aromatic heterocycles. The predicted octanol–water partition coefficient (Wildman–Crippen LogP) is 2.14. The number of rotatable bonds is 7. The van der Waals surface area contributed by atoms with Crippen molar-refractivity contribution in [3.8, 4) is 5.75 Å². The number of amides is 1. The topological polar surface area (TPSA) is 84.5 Å². The summed E-state index contributed by atoms with van der Waals surface area (Å²) < 4.78 is 44.5. The molecule has 0 saturated heterocycles. The van der Waals surface area contributed by atoms with Crippen LogP contribution in [0.2, 0.25) is 0 Å². The second-order valence-corrected chi connectivity index (χ2v) is 6.55. The average molecular weight is 352 g/mol. The van der Waals surface area contributed by atoms with E-state index in [-0.39, 0.29) is 4.90 Å². The molecule has 0 bridgehead atoms. The summed E-state index contributed by atoms with van der Waals surface area (Å²) in [6, 6.07) is 11.0. The van der Waals surface area contributed by atoms with Crippen LogP contribution in [0.4, 0.5) is 10.1 Å². The number of ether oxygens (including phenoxy) is 1. The fraction of sp³-hybridized carbons (Fsp3) is 0.188. The summed E-state index contributed by atoms with van der Waals surface area (Å²) in [5.41, 5.74) is 0.377. The van der Waals surface area contributed by atoms with Gasteiger partial charge in [0, 0.05) is 5.69 Å². The summed E-state index contributed by atoms with van der Waals surface area (Å²) in [5, 5.41) is 2.47. The van der Waals surface area contributed by atoms with Gasteiger partial charge < -0.3 is 10.1 Å². The fourth-order valence-electron chi connectivity index (χ4n) is 1.86. The molecule has 24 heavy (non-hydrogen) atoms. The van der Waals surface area contributed by atoms with Crippen LogP contribution in [-0.2, 0) is 14.8 Å². The molecule has 0 fully saturated rings. The number of hydrogen-bond acceptors (Lipinski definition) is 4. The normalized spacial score (nSPS) is 11.1. The number of carbonyl (C=O) groups excluding carboxylic acids is 1. The van der Waals surface area contributed by atoms with Crippen LogP contribution in [0.3, 0.4) is 0 Å². The molecule has 0 radical (unpaired) electrons. The van der Waals surface area contributed by atoms with E-state index in [1.54, 1.807) is 0 Å². The molecule has 2 aromatic carbocycles. The Hall–Kier alpha value is -2.45. The van der Waals surface area contributed by atoms with Crippen LogP contribution in [0.1, 0.15) is 6.92 Å². The Labute approximate surface area is 139 Å². The van der Waals surface area contributed by atoms with E-state index in [1.807, 2.05) is 6.92 Å². The maximum atomic E-state index is 12.8. The second-order valence-electron chi connectivity index (χ2n) is 4.78. The summed E-state index contributed by atoms with van der Waals surface area (Å²) in [7, 11) is -3.81. The van der Waals surface area contributed by atoms with Crippen LogP contribution < -0.4 is 14.8 Å². The molecule has 8 heteroatoms. The predicted molar refractivity (Wildman–Crippen MR) is 87.8 cm³/mol. The van der Waals surface area contributed by atoms with Crippen LogP contribution in [0, 0.1) is 5.82 Å². The number of carbonyl (C=O) groups is 1. The van der Waals surface area contributed by atoms with Gasteiger partial charge in [-0.1, -0.05) is 0 Å². The van der Waals surface area contributed by atoms with E-state index in [9.17, 15) is 17.6 Å². The molecule has 0 aliphatic rings. The van der Waals surface area contributed by atoms with E-state index < -0.39 is 28.3 Å². The van der Waals surface area contributed by atoms with Crippen LogP contribution in [0.15, 0.2) is 53.4 Å². The van der Waals surface area contributed by atoms with Crippen molar-refractivity contribution in [2.45, 2.75) is 11.8 Å². The minimum absolute atomic E-state index is 0.0283. The molecule has 0 aliphatic carbocycles. The molecule has 6 nitrogen and oxygen atoms in total. The first-order chi connectivity index (χ1) is 11.4. The lowest BCUT2D eigenvalue weighted by atomic mass is 10.3. The van der Waals surface area contributed by atoms with Crippen molar-refractivity contribution in [3.05, 3.63) is 54.3 Å². The van der Waals surface area contributed by atoms with Gasteiger partial charge >= 0.3 is 0 Å². The molecule has 2 aromatic rings. The summed E-state index contributed by atoms with van der Waals surface area (Å²) >= 11 is 0. The van der Waals surface area contributed by atoms with Gasteiger partial charge in [0.1, 0.15) is 11.6 Å². The summed E-state index contributed by atoms with van der Waals surface area (Å²) in [4.78, 5) is 11.8. The van der Waals surface area contributed by atoms with Crippen molar-refractivity contribution < 1.29 is 22.3 Å². The summed E-state index contributed by atoms with van der Waals surface area (Å²) in [6.07, 6.45) is 0. The third-order valence-corrected chi connectivity index (χ3v) is 4.41. The van der Waals surface area contributed by atoms with Crippen LogP contribution in [0.5, 0.6) is 5.75 Å². The fourth-order valence-corrected chi connectivity index (χ4v) is 2.85. The van der Waals surface area contributed by atoms with Crippen LogP contribution in [-0.4, -0.2) is 27.5 Å². The van der Waals surface area contributed by atoms with Crippen molar-refractivity contribution >= 4 is 21.6 Å². The van der Waals surface area contributed by atoms with Crippen molar-refractivity contribution in [1.29, 1.82) is 0 Å². The van der Waals surface area contributed by atoms with Crippen molar-refractivity contribution in [3.63, 3.8) is 0 Å². The van der Waals surface area contributed by atoms with E-state index in [2.05, 4.69) is 10.0 Å². The molecular weight excluding hydrogens is 335 g/mol. The maximum Gasteiger partial charge on any atom is 0.241 e. The van der Waals surface area contributed by atoms with Gasteiger partial charge in [-0.15, -0.1) is 0 Å². The van der Waals surface area contributed by atoms with Gasteiger partial charge in [0.05, 0.1) is 18.0 Å². The molecule has 0 spiro atoms. The van der Waals surface area contributed by atoms with Crippen LogP contribution in [0.25, 0.3) is 0 Å². The van der Waals surface area contributed by atoms with E-state index in [0.717, 1.165) is 0 Å². The number of benzene rings is 2. The van der Waals surface area contributed by atoms with E-state index >= 15 is 0 Å². The van der Waals surface area contributed by atoms with Gasteiger partial charge in [-0.25, -0.2) is 17.5 Å². The van der Waals surface area contributed by atoms with Gasteiger partial charge in [0.15, 0.2) is 0 Å². The number of sulfonamides is 1. The zero-order valence-corrected chi connectivity index (χ0v) is 13.8. The van der Waals surface area contributed by atoms with E-state index in [4.69, 9.17) is 4.74 Å². The third-order valence-electron chi connectivity index (χ3n) is 3.00. The van der Waals surface area contributed by atoms with Gasteiger partial charge in [-0.3, -0.25) is 4.79 Å². The van der Waals surface area contributed by atoms with Crippen molar-refractivity contribution in [1.82, 2.24) is 4.72 Å². The molecule has 0 atom stereocenters. The highest BCUT2D eigenvalue weighted by atomic mass is 32.2. The SMILES string of the molecule is CCOc1ccc(S(=O)(=O)NCC(=O)Nc2ccc(F)cc2)cc1. The molecule has 0 saturated carbocycles. The molecule has 0 aliphatic heterocycles. The highest BCUT2D eigenvalue weighted by molar-refractivity contribution is 7.89. The Morgan fingerprint density at radius 2 is 1.71 bits per heavy atom. The van der Waals surface area contributed by atoms with Gasteiger partial charge in [-0.2, -0.15) is 0 Å². The lowest BCUT2D eigenvalue weighted by molar-refractivity contribution is -0.115. The number of hydrogen-bond donors (Lipinski definition) is 2. The number of nitrogens with one attached hydrogen (secondary N) is 2. The smallest absolute Gasteiger partial charge is 0.241 e. The van der Waals surface area contributed by atoms with Crippen molar-refractivity contribution in [2.75, 3.05) is 18.5 Å². The molecule has 0 heterocycles. The first-order valence-electron chi connectivity index (χ1n) is 7.18. The zero-order valence-electron chi connectivity index (χ0n) is 13.0. The molecule has 1 amide bonds. The highest BCUT2D eigenvalue weighted by Gasteiger charge is 2.15. The van der Waals surface area contributed by atoms with Gasteiger partial charge in [0.2, 0.25) is 15.9 Å². The summed E-state index contributed by atoms with van der Waals surface area (Å²) in [5.74, 6) is -0.425. The Balaban J connectivity index is 1.93. The van der Waals surface area contributed by atoms with Gasteiger partial charge in [0.25, 0.3) is 0 Å². The molecular formula is C16H17FN2O4S. The highest BCUT2D eigenvalue weighted by Crippen LogP contribution is 2.15. The minimum atomic E-state index is -3.81. The second kappa shape index (κ2) is 7.89. The summed E-state index contributed by atoms with van der Waals surface area (Å²) in [6.45, 7) is 1.87. The van der Waals surface area contributed by atoms with Gasteiger partial charge in [-0.05, 0) is 55.5 Å². The van der Waals surface area contributed by atoms with Crippen molar-refractivity contribution in [2.24, 2.45) is 0 Å². The quantitative estimate of drug-likeness (QED) is 0.800. The maximum absolute atomic E-state index is 12.8. The lowest BCUT2D eigenvalue weighted by Crippen LogP contribution is -2.32.